The van der Waals surface area contributed by atoms with E-state index in [9.17, 15) is 19.5 Å². The van der Waals surface area contributed by atoms with E-state index in [0.717, 1.165) is 0 Å². The summed E-state index contributed by atoms with van der Waals surface area (Å²) in [7, 11) is 0. The van der Waals surface area contributed by atoms with Gasteiger partial charge >= 0.3 is 12.0 Å². The van der Waals surface area contributed by atoms with Gasteiger partial charge in [0.15, 0.2) is 0 Å². The van der Waals surface area contributed by atoms with Crippen LogP contribution in [0.2, 0.25) is 0 Å². The molecule has 0 aliphatic carbocycles. The molecule has 0 bridgehead atoms. The van der Waals surface area contributed by atoms with Crippen LogP contribution in [0.1, 0.15) is 23.7 Å². The van der Waals surface area contributed by atoms with Crippen LogP contribution >= 0.6 is 0 Å². The second kappa shape index (κ2) is 7.20. The Hall–Kier alpha value is -2.45. The van der Waals surface area contributed by atoms with E-state index in [1.807, 2.05) is 0 Å². The molecule has 3 amide bonds. The summed E-state index contributed by atoms with van der Waals surface area (Å²) in [5, 5.41) is 12.4. The highest BCUT2D eigenvalue weighted by molar-refractivity contribution is 5.97. The molecule has 0 saturated carbocycles. The molecule has 0 spiro atoms. The summed E-state index contributed by atoms with van der Waals surface area (Å²) in [4.78, 5) is 36.8. The van der Waals surface area contributed by atoms with Gasteiger partial charge in [-0.15, -0.1) is 0 Å². The molecule has 1 aromatic carbocycles. The van der Waals surface area contributed by atoms with E-state index in [4.69, 9.17) is 9.47 Å². The van der Waals surface area contributed by atoms with E-state index in [1.54, 1.807) is 37.3 Å². The molecule has 2 heterocycles. The molecule has 2 aliphatic heterocycles. The Kier molecular flexibility index (Phi) is 5.00. The standard InChI is InChI=1S/C17H20N2O6/c1-10-8-19(17(23)18-15(10)21)14-7-12(20)13(25-14)9-24-16(22)11-5-3-2-4-6-11/h2-6,10,12-14,20H,7-9H2,1H3,(H,18,21,23). The van der Waals surface area contributed by atoms with Crippen LogP contribution in [0.3, 0.4) is 0 Å². The number of carbonyl (C=O) groups excluding carboxylic acids is 3. The Balaban J connectivity index is 1.56. The quantitative estimate of drug-likeness (QED) is 0.768. The van der Waals surface area contributed by atoms with E-state index in [1.165, 1.54) is 4.90 Å². The minimum absolute atomic E-state index is 0.116. The first kappa shape index (κ1) is 17.4. The molecule has 3 rings (SSSR count). The summed E-state index contributed by atoms with van der Waals surface area (Å²) >= 11 is 0. The van der Waals surface area contributed by atoms with Gasteiger partial charge in [0, 0.05) is 13.0 Å². The Bertz CT molecular complexity index is 664. The van der Waals surface area contributed by atoms with Crippen LogP contribution in [0.15, 0.2) is 30.3 Å². The number of amides is 3. The SMILES string of the molecule is CC1CN(C2CC(O)C(COC(=O)c3ccccc3)O2)C(=O)NC1=O. The van der Waals surface area contributed by atoms with Crippen LogP contribution in [-0.4, -0.2) is 59.5 Å². The van der Waals surface area contributed by atoms with Crippen LogP contribution in [0.4, 0.5) is 4.79 Å². The molecule has 4 unspecified atom stereocenters. The number of aliphatic hydroxyl groups is 1. The number of carbonyl (C=O) groups is 3. The third-order valence-electron chi connectivity index (χ3n) is 4.35. The van der Waals surface area contributed by atoms with Gasteiger partial charge in [-0.25, -0.2) is 9.59 Å². The molecule has 2 saturated heterocycles. The van der Waals surface area contributed by atoms with Crippen LogP contribution in [-0.2, 0) is 14.3 Å². The van der Waals surface area contributed by atoms with Crippen LogP contribution in [0.25, 0.3) is 0 Å². The monoisotopic (exact) mass is 348 g/mol. The first-order chi connectivity index (χ1) is 12.0. The molecule has 4 atom stereocenters. The largest absolute Gasteiger partial charge is 0.459 e. The van der Waals surface area contributed by atoms with E-state index in [2.05, 4.69) is 5.32 Å². The second-order valence-electron chi connectivity index (χ2n) is 6.24. The zero-order valence-electron chi connectivity index (χ0n) is 13.8. The van der Waals surface area contributed by atoms with Gasteiger partial charge in [0.1, 0.15) is 18.9 Å². The predicted octanol–water partition coefficient (Wildman–Crippen LogP) is 0.507. The summed E-state index contributed by atoms with van der Waals surface area (Å²) in [5.41, 5.74) is 0.411. The highest BCUT2D eigenvalue weighted by Gasteiger charge is 2.42. The maximum Gasteiger partial charge on any atom is 0.338 e. The molecular weight excluding hydrogens is 328 g/mol. The number of hydrogen-bond donors (Lipinski definition) is 2. The zero-order chi connectivity index (χ0) is 18.0. The molecular formula is C17H20N2O6. The van der Waals surface area contributed by atoms with Crippen LogP contribution in [0, 0.1) is 5.92 Å². The van der Waals surface area contributed by atoms with Crippen molar-refractivity contribution in [1.82, 2.24) is 10.2 Å². The number of ether oxygens (including phenoxy) is 2. The summed E-state index contributed by atoms with van der Waals surface area (Å²) in [6.07, 6.45) is -2.05. The van der Waals surface area contributed by atoms with E-state index >= 15 is 0 Å². The minimum atomic E-state index is -0.866. The topological polar surface area (TPSA) is 105 Å². The number of esters is 1. The summed E-state index contributed by atoms with van der Waals surface area (Å²) in [6, 6.07) is 7.97. The van der Waals surface area contributed by atoms with Crippen molar-refractivity contribution < 1.29 is 29.0 Å². The van der Waals surface area contributed by atoms with Gasteiger partial charge in [0.25, 0.3) is 0 Å². The molecule has 8 heteroatoms. The van der Waals surface area contributed by atoms with E-state index in [0.29, 0.717) is 5.56 Å². The van der Waals surface area contributed by atoms with Gasteiger partial charge in [-0.1, -0.05) is 25.1 Å². The van der Waals surface area contributed by atoms with Crippen molar-refractivity contribution in [3.63, 3.8) is 0 Å². The number of rotatable bonds is 4. The van der Waals surface area contributed by atoms with Gasteiger partial charge in [-0.2, -0.15) is 0 Å². The third kappa shape index (κ3) is 3.80. The van der Waals surface area contributed by atoms with Crippen molar-refractivity contribution in [3.05, 3.63) is 35.9 Å². The summed E-state index contributed by atoms with van der Waals surface area (Å²) in [5.74, 6) is -1.18. The average Bonchev–Trinajstić information content (AvgIpc) is 2.97. The highest BCUT2D eigenvalue weighted by Crippen LogP contribution is 2.26. The van der Waals surface area contributed by atoms with Gasteiger partial charge in [0.05, 0.1) is 17.6 Å². The van der Waals surface area contributed by atoms with Gasteiger partial charge < -0.3 is 14.6 Å². The second-order valence-corrected chi connectivity index (χ2v) is 6.24. The molecule has 1 aromatic rings. The molecule has 2 N–H and O–H groups in total. The smallest absolute Gasteiger partial charge is 0.338 e. The van der Waals surface area contributed by atoms with E-state index in [-0.39, 0.29) is 31.4 Å². The third-order valence-corrected chi connectivity index (χ3v) is 4.35. The number of urea groups is 1. The first-order valence-electron chi connectivity index (χ1n) is 8.13. The lowest BCUT2D eigenvalue weighted by atomic mass is 10.1. The zero-order valence-corrected chi connectivity index (χ0v) is 13.8. The fourth-order valence-corrected chi connectivity index (χ4v) is 2.88. The van der Waals surface area contributed by atoms with Crippen molar-refractivity contribution in [3.8, 4) is 0 Å². The van der Waals surface area contributed by atoms with Gasteiger partial charge in [-0.05, 0) is 12.1 Å². The van der Waals surface area contributed by atoms with Gasteiger partial charge in [0.2, 0.25) is 5.91 Å². The van der Waals surface area contributed by atoms with Crippen LogP contribution < -0.4 is 5.32 Å². The predicted molar refractivity (Wildman–Crippen MR) is 85.4 cm³/mol. The molecule has 0 radical (unpaired) electrons. The molecule has 2 aliphatic rings. The maximum atomic E-state index is 12.0. The number of imide groups is 1. The lowest BCUT2D eigenvalue weighted by Crippen LogP contribution is -2.57. The van der Waals surface area contributed by atoms with Crippen molar-refractivity contribution in [2.45, 2.75) is 31.8 Å². The summed E-state index contributed by atoms with van der Waals surface area (Å²) in [6.45, 7) is 1.81. The van der Waals surface area contributed by atoms with Gasteiger partial charge in [-0.3, -0.25) is 15.0 Å². The average molecular weight is 348 g/mol. The lowest BCUT2D eigenvalue weighted by molar-refractivity contribution is -0.128. The summed E-state index contributed by atoms with van der Waals surface area (Å²) < 4.78 is 10.9. The molecule has 0 aromatic heterocycles. The minimum Gasteiger partial charge on any atom is -0.459 e. The lowest BCUT2D eigenvalue weighted by Gasteiger charge is -2.34. The first-order valence-corrected chi connectivity index (χ1v) is 8.13. The number of nitrogens with one attached hydrogen (secondary N) is 1. The fourth-order valence-electron chi connectivity index (χ4n) is 2.88. The Labute approximate surface area is 144 Å². The number of hydrogen-bond acceptors (Lipinski definition) is 6. The van der Waals surface area contributed by atoms with Crippen LogP contribution in [0.5, 0.6) is 0 Å². The number of nitrogens with zero attached hydrogens (tertiary/aromatic N) is 1. The maximum absolute atomic E-state index is 12.0. The normalized spacial score (nSPS) is 29.4. The van der Waals surface area contributed by atoms with Crippen molar-refractivity contribution in [1.29, 1.82) is 0 Å². The Morgan fingerprint density at radius 3 is 2.80 bits per heavy atom. The molecule has 25 heavy (non-hydrogen) atoms. The fraction of sp³-hybridized carbons (Fsp3) is 0.471. The van der Waals surface area contributed by atoms with E-state index < -0.39 is 30.4 Å². The Morgan fingerprint density at radius 2 is 2.08 bits per heavy atom. The number of aliphatic hydroxyl groups excluding tert-OH is 1. The molecule has 8 nitrogen and oxygen atoms in total. The highest BCUT2D eigenvalue weighted by atomic mass is 16.6. The van der Waals surface area contributed by atoms with Crippen molar-refractivity contribution >= 4 is 17.9 Å². The Morgan fingerprint density at radius 1 is 1.36 bits per heavy atom. The molecule has 2 fully saturated rings. The molecule has 134 valence electrons. The number of benzene rings is 1. The van der Waals surface area contributed by atoms with Crippen molar-refractivity contribution in [2.24, 2.45) is 5.92 Å². The van der Waals surface area contributed by atoms with Crippen molar-refractivity contribution in [2.75, 3.05) is 13.2 Å².